The summed E-state index contributed by atoms with van der Waals surface area (Å²) < 4.78 is 39.1. The Morgan fingerprint density at radius 2 is 1.55 bits per heavy atom. The minimum Gasteiger partial charge on any atom is -0.497 e. The lowest BCUT2D eigenvalue weighted by molar-refractivity contribution is -0.131. The number of amides is 1. The van der Waals surface area contributed by atoms with E-state index in [1.165, 1.54) is 23.4 Å². The maximum absolute atomic E-state index is 13.4. The summed E-state index contributed by atoms with van der Waals surface area (Å²) in [5.41, 5.74) is 4.74. The number of hydrogen-bond donors (Lipinski definition) is 1. The number of fused-ring (bicyclic) bond motifs is 1. The Balaban J connectivity index is 1.27. The fourth-order valence-electron chi connectivity index (χ4n) is 5.32. The third kappa shape index (κ3) is 6.03. The van der Waals surface area contributed by atoms with Gasteiger partial charge in [-0.15, -0.1) is 0 Å². The van der Waals surface area contributed by atoms with Crippen LogP contribution in [0.4, 0.5) is 11.4 Å². The molecule has 3 aromatic rings. The normalized spacial score (nSPS) is 15.9. The van der Waals surface area contributed by atoms with Gasteiger partial charge < -0.3 is 24.2 Å². The van der Waals surface area contributed by atoms with E-state index in [9.17, 15) is 13.2 Å². The van der Waals surface area contributed by atoms with E-state index in [2.05, 4.69) is 27.6 Å². The maximum Gasteiger partial charge on any atom is 0.261 e. The van der Waals surface area contributed by atoms with Crippen LogP contribution in [0, 0.1) is 0 Å². The summed E-state index contributed by atoms with van der Waals surface area (Å²) in [5.74, 6) is 1.54. The summed E-state index contributed by atoms with van der Waals surface area (Å²) in [5, 5.41) is 0. The molecule has 0 saturated carbocycles. The molecular weight excluding hydrogens is 528 g/mol. The number of ether oxygens (including phenoxy) is 2. The van der Waals surface area contributed by atoms with Crippen LogP contribution in [0.15, 0.2) is 65.6 Å². The van der Waals surface area contributed by atoms with Crippen LogP contribution in [-0.4, -0.2) is 78.1 Å². The van der Waals surface area contributed by atoms with Gasteiger partial charge in [0, 0.05) is 61.8 Å². The van der Waals surface area contributed by atoms with E-state index in [1.54, 1.807) is 50.6 Å². The number of piperazine rings is 1. The van der Waals surface area contributed by atoms with Gasteiger partial charge >= 0.3 is 0 Å². The Bertz CT molecular complexity index is 1450. The van der Waals surface area contributed by atoms with Gasteiger partial charge in [0.2, 0.25) is 5.91 Å². The van der Waals surface area contributed by atoms with Crippen molar-refractivity contribution in [3.63, 3.8) is 0 Å². The number of sulfonamides is 1. The van der Waals surface area contributed by atoms with Gasteiger partial charge in [-0.25, -0.2) is 8.42 Å². The van der Waals surface area contributed by atoms with Crippen molar-refractivity contribution in [2.75, 3.05) is 63.6 Å². The quantitative estimate of drug-likeness (QED) is 0.449. The summed E-state index contributed by atoms with van der Waals surface area (Å²) in [4.78, 5) is 20.1. The number of carbonyl (C=O) groups is 1. The topological polar surface area (TPSA) is 91.4 Å². The molecule has 5 rings (SSSR count). The molecule has 1 saturated heterocycles. The number of likely N-dealkylation sites (N-methyl/N-ethyl adjacent to an activating group) is 1. The largest absolute Gasteiger partial charge is 0.497 e. The molecule has 9 nitrogen and oxygen atoms in total. The van der Waals surface area contributed by atoms with Crippen molar-refractivity contribution >= 4 is 27.3 Å². The SMILES string of the molecule is COc1ccc(NS(=O)(=O)c2ccc(CC(=O)N3CCc4c(OC)ccc(N5CCN(C)CC5)c4C3)cc2)cc1. The van der Waals surface area contributed by atoms with Crippen LogP contribution in [0.3, 0.4) is 0 Å². The zero-order valence-corrected chi connectivity index (χ0v) is 24.0. The minimum absolute atomic E-state index is 0.0183. The van der Waals surface area contributed by atoms with Crippen molar-refractivity contribution in [1.82, 2.24) is 9.80 Å². The molecule has 0 aliphatic carbocycles. The van der Waals surface area contributed by atoms with E-state index in [-0.39, 0.29) is 17.2 Å². The number of methoxy groups -OCH3 is 2. The fraction of sp³-hybridized carbons (Fsp3) is 0.367. The predicted molar refractivity (Wildman–Crippen MR) is 156 cm³/mol. The molecular formula is C30H36N4O5S. The smallest absolute Gasteiger partial charge is 0.261 e. The van der Waals surface area contributed by atoms with Crippen LogP contribution in [0.2, 0.25) is 0 Å². The second-order valence-corrected chi connectivity index (χ2v) is 11.9. The summed E-state index contributed by atoms with van der Waals surface area (Å²) in [6.07, 6.45) is 0.940. The Hall–Kier alpha value is -3.76. The lowest BCUT2D eigenvalue weighted by Gasteiger charge is -2.38. The van der Waals surface area contributed by atoms with Crippen LogP contribution in [0.25, 0.3) is 0 Å². The first-order valence-electron chi connectivity index (χ1n) is 13.4. The van der Waals surface area contributed by atoms with E-state index in [0.29, 0.717) is 24.5 Å². The highest BCUT2D eigenvalue weighted by Crippen LogP contribution is 2.36. The highest BCUT2D eigenvalue weighted by atomic mass is 32.2. The Labute approximate surface area is 236 Å². The van der Waals surface area contributed by atoms with Gasteiger partial charge in [-0.2, -0.15) is 0 Å². The molecule has 0 spiro atoms. The Morgan fingerprint density at radius 1 is 0.850 bits per heavy atom. The van der Waals surface area contributed by atoms with Crippen molar-refractivity contribution in [1.29, 1.82) is 0 Å². The van der Waals surface area contributed by atoms with E-state index in [4.69, 9.17) is 9.47 Å². The molecule has 10 heteroatoms. The molecule has 0 radical (unpaired) electrons. The van der Waals surface area contributed by atoms with E-state index in [1.807, 2.05) is 11.0 Å². The van der Waals surface area contributed by atoms with Gasteiger partial charge in [0.25, 0.3) is 10.0 Å². The summed E-state index contributed by atoms with van der Waals surface area (Å²) in [6.45, 7) is 5.06. The summed E-state index contributed by atoms with van der Waals surface area (Å²) in [6, 6.07) is 17.3. The number of carbonyl (C=O) groups excluding carboxylic acids is 1. The third-order valence-corrected chi connectivity index (χ3v) is 9.09. The molecule has 2 aliphatic heterocycles. The highest BCUT2D eigenvalue weighted by Gasteiger charge is 2.28. The van der Waals surface area contributed by atoms with Gasteiger partial charge in [-0.05, 0) is 67.6 Å². The van der Waals surface area contributed by atoms with E-state index >= 15 is 0 Å². The van der Waals surface area contributed by atoms with Crippen molar-refractivity contribution in [2.24, 2.45) is 0 Å². The zero-order valence-electron chi connectivity index (χ0n) is 23.2. The molecule has 212 valence electrons. The molecule has 0 unspecified atom stereocenters. The molecule has 2 heterocycles. The minimum atomic E-state index is -3.76. The summed E-state index contributed by atoms with van der Waals surface area (Å²) in [7, 11) is 1.62. The molecule has 3 aromatic carbocycles. The Kier molecular flexibility index (Phi) is 8.18. The Morgan fingerprint density at radius 3 is 2.20 bits per heavy atom. The predicted octanol–water partition coefficient (Wildman–Crippen LogP) is 3.38. The van der Waals surface area contributed by atoms with Gasteiger partial charge in [-0.3, -0.25) is 9.52 Å². The number of rotatable bonds is 8. The first kappa shape index (κ1) is 27.8. The number of anilines is 2. The van der Waals surface area contributed by atoms with Crippen molar-refractivity contribution in [2.45, 2.75) is 24.3 Å². The second-order valence-electron chi connectivity index (χ2n) is 10.3. The van der Waals surface area contributed by atoms with E-state index in [0.717, 1.165) is 49.5 Å². The molecule has 0 atom stereocenters. The van der Waals surface area contributed by atoms with Gasteiger partial charge in [0.05, 0.1) is 25.5 Å². The lowest BCUT2D eigenvalue weighted by Crippen LogP contribution is -2.45. The zero-order chi connectivity index (χ0) is 28.3. The number of hydrogen-bond acceptors (Lipinski definition) is 7. The lowest BCUT2D eigenvalue weighted by atomic mass is 9.95. The number of nitrogens with one attached hydrogen (secondary N) is 1. The summed E-state index contributed by atoms with van der Waals surface area (Å²) >= 11 is 0. The average molecular weight is 565 g/mol. The number of benzene rings is 3. The van der Waals surface area contributed by atoms with Crippen molar-refractivity contribution < 1.29 is 22.7 Å². The molecule has 1 N–H and O–H groups in total. The van der Waals surface area contributed by atoms with Gasteiger partial charge in [0.1, 0.15) is 11.5 Å². The van der Waals surface area contributed by atoms with Crippen LogP contribution in [-0.2, 0) is 34.2 Å². The first-order chi connectivity index (χ1) is 19.3. The van der Waals surface area contributed by atoms with Crippen molar-refractivity contribution in [3.05, 3.63) is 77.4 Å². The van der Waals surface area contributed by atoms with Crippen LogP contribution in [0.1, 0.15) is 16.7 Å². The monoisotopic (exact) mass is 564 g/mol. The van der Waals surface area contributed by atoms with Crippen LogP contribution < -0.4 is 19.1 Å². The van der Waals surface area contributed by atoms with Crippen LogP contribution in [0.5, 0.6) is 11.5 Å². The molecule has 1 amide bonds. The second kappa shape index (κ2) is 11.8. The molecule has 0 bridgehead atoms. The van der Waals surface area contributed by atoms with Crippen molar-refractivity contribution in [3.8, 4) is 11.5 Å². The standard InChI is InChI=1S/C30H36N4O5S/c1-32-16-18-33(19-17-32)28-12-13-29(39-3)26-14-15-34(21-27(26)28)30(35)20-22-4-10-25(11-5-22)40(36,37)31-23-6-8-24(38-2)9-7-23/h4-13,31H,14-21H2,1-3H3. The molecule has 2 aliphatic rings. The fourth-order valence-corrected chi connectivity index (χ4v) is 6.38. The maximum atomic E-state index is 13.4. The van der Waals surface area contributed by atoms with Gasteiger partial charge in [-0.1, -0.05) is 12.1 Å². The third-order valence-electron chi connectivity index (χ3n) is 7.69. The molecule has 40 heavy (non-hydrogen) atoms. The number of nitrogens with zero attached hydrogens (tertiary/aromatic N) is 3. The molecule has 1 fully saturated rings. The highest BCUT2D eigenvalue weighted by molar-refractivity contribution is 7.92. The first-order valence-corrected chi connectivity index (χ1v) is 14.9. The van der Waals surface area contributed by atoms with Crippen LogP contribution >= 0.6 is 0 Å². The van der Waals surface area contributed by atoms with E-state index < -0.39 is 10.0 Å². The molecule has 0 aromatic heterocycles. The van der Waals surface area contributed by atoms with Gasteiger partial charge in [0.15, 0.2) is 0 Å². The average Bonchev–Trinajstić information content (AvgIpc) is 2.97.